The molecule has 1 fully saturated rings. The van der Waals surface area contributed by atoms with E-state index in [1.807, 2.05) is 0 Å². The van der Waals surface area contributed by atoms with Crippen LogP contribution in [0.3, 0.4) is 0 Å². The molecule has 1 aliphatic rings. The normalized spacial score (nSPS) is 21.5. The average molecular weight is 240 g/mol. The minimum Gasteiger partial charge on any atom is -0.383 e. The molecule has 0 amide bonds. The van der Waals surface area contributed by atoms with Gasteiger partial charge in [-0.1, -0.05) is 6.42 Å². The molecular formula is C13H18F2N2. The number of nitrogens with one attached hydrogen (secondary N) is 1. The quantitative estimate of drug-likeness (QED) is 0.874. The van der Waals surface area contributed by atoms with Gasteiger partial charge in [0.05, 0.1) is 0 Å². The number of piperidine rings is 1. The summed E-state index contributed by atoms with van der Waals surface area (Å²) in [6.45, 7) is 1.89. The van der Waals surface area contributed by atoms with Crippen molar-refractivity contribution in [1.29, 1.82) is 0 Å². The molecule has 2 nitrogen and oxygen atoms in total. The SMILES string of the molecule is CN1CCCCC1CNc1ccc(F)c(F)c1. The summed E-state index contributed by atoms with van der Waals surface area (Å²) in [6.07, 6.45) is 3.65. The van der Waals surface area contributed by atoms with E-state index in [0.717, 1.165) is 25.6 Å². The summed E-state index contributed by atoms with van der Waals surface area (Å²) in [5.74, 6) is -1.60. The van der Waals surface area contributed by atoms with E-state index in [0.29, 0.717) is 11.7 Å². The molecule has 2 rings (SSSR count). The van der Waals surface area contributed by atoms with Crippen molar-refractivity contribution in [2.45, 2.75) is 25.3 Å². The van der Waals surface area contributed by atoms with E-state index in [2.05, 4.69) is 17.3 Å². The fraction of sp³-hybridized carbons (Fsp3) is 0.538. The Morgan fingerprint density at radius 2 is 2.12 bits per heavy atom. The number of halogens is 2. The van der Waals surface area contributed by atoms with Gasteiger partial charge in [0.2, 0.25) is 0 Å². The molecule has 1 N–H and O–H groups in total. The summed E-state index contributed by atoms with van der Waals surface area (Å²) in [4.78, 5) is 2.32. The van der Waals surface area contributed by atoms with Crippen molar-refractivity contribution in [3.63, 3.8) is 0 Å². The van der Waals surface area contributed by atoms with Gasteiger partial charge in [0, 0.05) is 18.3 Å². The average Bonchev–Trinajstić information content (AvgIpc) is 2.32. The third-order valence-electron chi connectivity index (χ3n) is 3.38. The van der Waals surface area contributed by atoms with E-state index in [1.54, 1.807) is 6.07 Å². The van der Waals surface area contributed by atoms with Gasteiger partial charge in [0.1, 0.15) is 0 Å². The van der Waals surface area contributed by atoms with E-state index in [-0.39, 0.29) is 0 Å². The number of benzene rings is 1. The first-order valence-electron chi connectivity index (χ1n) is 6.06. The number of hydrogen-bond donors (Lipinski definition) is 1. The van der Waals surface area contributed by atoms with Crippen molar-refractivity contribution in [3.05, 3.63) is 29.8 Å². The molecule has 17 heavy (non-hydrogen) atoms. The van der Waals surface area contributed by atoms with Crippen LogP contribution in [0.5, 0.6) is 0 Å². The molecule has 0 spiro atoms. The van der Waals surface area contributed by atoms with Gasteiger partial charge in [-0.25, -0.2) is 8.78 Å². The highest BCUT2D eigenvalue weighted by Gasteiger charge is 2.18. The summed E-state index contributed by atoms with van der Waals surface area (Å²) in [5.41, 5.74) is 0.642. The summed E-state index contributed by atoms with van der Waals surface area (Å²) in [6, 6.07) is 4.42. The predicted molar refractivity (Wildman–Crippen MR) is 65.1 cm³/mol. The Kier molecular flexibility index (Phi) is 3.94. The molecular weight excluding hydrogens is 222 g/mol. The van der Waals surface area contributed by atoms with Crippen molar-refractivity contribution < 1.29 is 8.78 Å². The Bertz CT molecular complexity index is 382. The monoisotopic (exact) mass is 240 g/mol. The molecule has 0 aliphatic carbocycles. The zero-order valence-corrected chi connectivity index (χ0v) is 10.0. The van der Waals surface area contributed by atoms with Crippen LogP contribution in [0.25, 0.3) is 0 Å². The zero-order chi connectivity index (χ0) is 12.3. The fourth-order valence-electron chi connectivity index (χ4n) is 2.24. The van der Waals surface area contributed by atoms with Crippen molar-refractivity contribution in [1.82, 2.24) is 4.90 Å². The Morgan fingerprint density at radius 3 is 2.82 bits per heavy atom. The predicted octanol–water partition coefficient (Wildman–Crippen LogP) is 2.86. The van der Waals surface area contributed by atoms with Crippen LogP contribution in [-0.4, -0.2) is 31.1 Å². The standard InChI is InChI=1S/C13H18F2N2/c1-17-7-3-2-4-11(17)9-16-10-5-6-12(14)13(15)8-10/h5-6,8,11,16H,2-4,7,9H2,1H3. The van der Waals surface area contributed by atoms with Crippen LogP contribution in [-0.2, 0) is 0 Å². The first kappa shape index (κ1) is 12.3. The molecule has 94 valence electrons. The van der Waals surface area contributed by atoms with Crippen LogP contribution in [0, 0.1) is 11.6 Å². The van der Waals surface area contributed by atoms with E-state index < -0.39 is 11.6 Å². The first-order chi connectivity index (χ1) is 8.16. The molecule has 0 radical (unpaired) electrons. The van der Waals surface area contributed by atoms with E-state index in [9.17, 15) is 8.78 Å². The molecule has 0 aromatic heterocycles. The first-order valence-corrected chi connectivity index (χ1v) is 6.06. The molecule has 0 saturated carbocycles. The lowest BCUT2D eigenvalue weighted by molar-refractivity contribution is 0.194. The van der Waals surface area contributed by atoms with E-state index in [1.165, 1.54) is 18.9 Å². The number of likely N-dealkylation sites (N-methyl/N-ethyl adjacent to an activating group) is 1. The summed E-state index contributed by atoms with van der Waals surface area (Å²) in [7, 11) is 2.11. The highest BCUT2D eigenvalue weighted by molar-refractivity contribution is 5.43. The molecule has 1 aromatic rings. The molecule has 1 aliphatic heterocycles. The zero-order valence-electron chi connectivity index (χ0n) is 10.0. The second-order valence-corrected chi connectivity index (χ2v) is 4.64. The number of hydrogen-bond acceptors (Lipinski definition) is 2. The number of rotatable bonds is 3. The second kappa shape index (κ2) is 5.45. The molecule has 1 atom stereocenters. The molecule has 1 saturated heterocycles. The van der Waals surface area contributed by atoms with Gasteiger partial charge in [-0.05, 0) is 44.6 Å². The molecule has 1 heterocycles. The second-order valence-electron chi connectivity index (χ2n) is 4.64. The van der Waals surface area contributed by atoms with Gasteiger partial charge >= 0.3 is 0 Å². The third-order valence-corrected chi connectivity index (χ3v) is 3.38. The highest BCUT2D eigenvalue weighted by Crippen LogP contribution is 2.17. The number of anilines is 1. The largest absolute Gasteiger partial charge is 0.383 e. The van der Waals surface area contributed by atoms with Crippen LogP contribution in [0.4, 0.5) is 14.5 Å². The summed E-state index contributed by atoms with van der Waals surface area (Å²) in [5, 5.41) is 3.16. The lowest BCUT2D eigenvalue weighted by Gasteiger charge is -2.32. The Hall–Kier alpha value is -1.16. The van der Waals surface area contributed by atoms with Crippen LogP contribution in [0.15, 0.2) is 18.2 Å². The van der Waals surface area contributed by atoms with Crippen molar-refractivity contribution in [3.8, 4) is 0 Å². The maximum atomic E-state index is 13.0. The Balaban J connectivity index is 1.90. The van der Waals surface area contributed by atoms with Crippen molar-refractivity contribution in [2.75, 3.05) is 25.5 Å². The van der Waals surface area contributed by atoms with Gasteiger partial charge in [0.15, 0.2) is 11.6 Å². The fourth-order valence-corrected chi connectivity index (χ4v) is 2.24. The minimum atomic E-state index is -0.801. The van der Waals surface area contributed by atoms with Crippen molar-refractivity contribution in [2.24, 2.45) is 0 Å². The summed E-state index contributed by atoms with van der Waals surface area (Å²) < 4.78 is 25.7. The minimum absolute atomic E-state index is 0.483. The topological polar surface area (TPSA) is 15.3 Å². The number of likely N-dealkylation sites (tertiary alicyclic amines) is 1. The van der Waals surface area contributed by atoms with Gasteiger partial charge in [-0.2, -0.15) is 0 Å². The maximum Gasteiger partial charge on any atom is 0.160 e. The van der Waals surface area contributed by atoms with Gasteiger partial charge in [-0.3, -0.25) is 0 Å². The van der Waals surface area contributed by atoms with Crippen LogP contribution in [0.2, 0.25) is 0 Å². The smallest absolute Gasteiger partial charge is 0.160 e. The van der Waals surface area contributed by atoms with Crippen LogP contribution >= 0.6 is 0 Å². The van der Waals surface area contributed by atoms with Crippen LogP contribution in [0.1, 0.15) is 19.3 Å². The number of nitrogens with zero attached hydrogens (tertiary/aromatic N) is 1. The molecule has 1 unspecified atom stereocenters. The summed E-state index contributed by atoms with van der Waals surface area (Å²) >= 11 is 0. The van der Waals surface area contributed by atoms with Gasteiger partial charge < -0.3 is 10.2 Å². The molecule has 1 aromatic carbocycles. The molecule has 4 heteroatoms. The molecule has 0 bridgehead atoms. The third kappa shape index (κ3) is 3.16. The Morgan fingerprint density at radius 1 is 1.29 bits per heavy atom. The van der Waals surface area contributed by atoms with Crippen LogP contribution < -0.4 is 5.32 Å². The van der Waals surface area contributed by atoms with Gasteiger partial charge in [0.25, 0.3) is 0 Å². The van der Waals surface area contributed by atoms with E-state index >= 15 is 0 Å². The lowest BCUT2D eigenvalue weighted by atomic mass is 10.0. The van der Waals surface area contributed by atoms with Crippen molar-refractivity contribution >= 4 is 5.69 Å². The van der Waals surface area contributed by atoms with Gasteiger partial charge in [-0.15, -0.1) is 0 Å². The lowest BCUT2D eigenvalue weighted by Crippen LogP contribution is -2.40. The van der Waals surface area contributed by atoms with E-state index in [4.69, 9.17) is 0 Å². The maximum absolute atomic E-state index is 13.0. The Labute approximate surface area is 101 Å². The highest BCUT2D eigenvalue weighted by atomic mass is 19.2.